The Labute approximate surface area is 169 Å². The summed E-state index contributed by atoms with van der Waals surface area (Å²) in [4.78, 5) is 23.9. The number of aromatic nitrogens is 6. The normalized spacial score (nSPS) is 18.2. The van der Waals surface area contributed by atoms with E-state index in [9.17, 15) is 4.79 Å². The van der Waals surface area contributed by atoms with Crippen LogP contribution in [-0.4, -0.2) is 47.5 Å². The molecular weight excluding hydrogens is 366 g/mol. The number of piperidine rings is 1. The molecule has 0 amide bonds. The lowest BCUT2D eigenvalue weighted by molar-refractivity contribution is 0.162. The molecule has 2 aliphatic rings. The summed E-state index contributed by atoms with van der Waals surface area (Å²) in [7, 11) is 0. The van der Waals surface area contributed by atoms with Crippen molar-refractivity contribution in [3.05, 3.63) is 64.7 Å². The second-order valence-corrected chi connectivity index (χ2v) is 8.06. The highest BCUT2D eigenvalue weighted by Crippen LogP contribution is 2.37. The third-order valence-electron chi connectivity index (χ3n) is 5.79. The molecule has 1 saturated heterocycles. The average Bonchev–Trinajstić information content (AvgIpc) is 3.46. The summed E-state index contributed by atoms with van der Waals surface area (Å²) in [5.41, 5.74) is 1.06. The molecule has 3 aromatic rings. The van der Waals surface area contributed by atoms with E-state index >= 15 is 0 Å². The predicted molar refractivity (Wildman–Crippen MR) is 108 cm³/mol. The molecule has 8 heteroatoms. The lowest BCUT2D eigenvalue weighted by Gasteiger charge is -2.31. The molecule has 2 fully saturated rings. The Morgan fingerprint density at radius 2 is 1.90 bits per heavy atom. The van der Waals surface area contributed by atoms with Crippen LogP contribution in [0.15, 0.2) is 47.7 Å². The van der Waals surface area contributed by atoms with Gasteiger partial charge in [-0.2, -0.15) is 5.10 Å². The van der Waals surface area contributed by atoms with Crippen LogP contribution in [0.25, 0.3) is 5.82 Å². The Bertz CT molecular complexity index is 1020. The van der Waals surface area contributed by atoms with E-state index in [0.717, 1.165) is 44.0 Å². The Balaban J connectivity index is 1.19. The van der Waals surface area contributed by atoms with Crippen molar-refractivity contribution in [2.24, 2.45) is 5.92 Å². The number of likely N-dealkylation sites (tertiary alicyclic amines) is 1. The van der Waals surface area contributed by atoms with Crippen LogP contribution in [0.4, 0.5) is 0 Å². The van der Waals surface area contributed by atoms with E-state index in [2.05, 4.69) is 20.1 Å². The fourth-order valence-corrected chi connectivity index (χ4v) is 3.94. The van der Waals surface area contributed by atoms with Gasteiger partial charge in [-0.25, -0.2) is 19.3 Å². The molecular formula is C21H25N7O. The first kappa shape index (κ1) is 18.2. The smallest absolute Gasteiger partial charge is 0.266 e. The summed E-state index contributed by atoms with van der Waals surface area (Å²) < 4.78 is 3.26. The first-order valence-electron chi connectivity index (χ1n) is 10.4. The largest absolute Gasteiger partial charge is 0.297 e. The van der Waals surface area contributed by atoms with Crippen LogP contribution in [0.3, 0.4) is 0 Å². The van der Waals surface area contributed by atoms with Crippen LogP contribution in [0.1, 0.15) is 43.1 Å². The minimum absolute atomic E-state index is 0.0584. The lowest BCUT2D eigenvalue weighted by atomic mass is 9.96. The Hall–Kier alpha value is -2.87. The van der Waals surface area contributed by atoms with Crippen molar-refractivity contribution in [3.63, 3.8) is 0 Å². The van der Waals surface area contributed by atoms with Gasteiger partial charge in [0.25, 0.3) is 5.56 Å². The minimum Gasteiger partial charge on any atom is -0.297 e. The van der Waals surface area contributed by atoms with Crippen LogP contribution < -0.4 is 5.56 Å². The van der Waals surface area contributed by atoms with Gasteiger partial charge >= 0.3 is 0 Å². The monoisotopic (exact) mass is 391 g/mol. The van der Waals surface area contributed by atoms with Crippen molar-refractivity contribution in [3.8, 4) is 5.82 Å². The average molecular weight is 391 g/mol. The molecule has 150 valence electrons. The molecule has 0 N–H and O–H groups in total. The molecule has 0 atom stereocenters. The number of hydrogen-bond acceptors (Lipinski definition) is 6. The van der Waals surface area contributed by atoms with Crippen LogP contribution >= 0.6 is 0 Å². The molecule has 0 bridgehead atoms. The molecule has 4 heterocycles. The van der Waals surface area contributed by atoms with Crippen LogP contribution in [-0.2, 0) is 13.1 Å². The molecule has 1 saturated carbocycles. The molecule has 0 radical (unpaired) electrons. The highest BCUT2D eigenvalue weighted by Gasteiger charge is 2.27. The number of rotatable bonds is 6. The van der Waals surface area contributed by atoms with Crippen LogP contribution in [0, 0.1) is 5.92 Å². The van der Waals surface area contributed by atoms with Crippen LogP contribution in [0.2, 0.25) is 0 Å². The van der Waals surface area contributed by atoms with E-state index in [4.69, 9.17) is 4.98 Å². The lowest BCUT2D eigenvalue weighted by Crippen LogP contribution is -2.36. The molecule has 1 aliphatic carbocycles. The highest BCUT2D eigenvalue weighted by molar-refractivity contribution is 5.17. The quantitative estimate of drug-likeness (QED) is 0.639. The highest BCUT2D eigenvalue weighted by atomic mass is 16.1. The van der Waals surface area contributed by atoms with Gasteiger partial charge in [-0.05, 0) is 62.9 Å². The van der Waals surface area contributed by atoms with Gasteiger partial charge in [0.15, 0.2) is 5.82 Å². The molecule has 5 rings (SSSR count). The minimum atomic E-state index is -0.0584. The van der Waals surface area contributed by atoms with E-state index in [-0.39, 0.29) is 5.56 Å². The van der Waals surface area contributed by atoms with Crippen molar-refractivity contribution >= 4 is 0 Å². The van der Waals surface area contributed by atoms with Gasteiger partial charge in [-0.3, -0.25) is 9.69 Å². The number of nitrogens with zero attached hydrogens (tertiary/aromatic N) is 7. The summed E-state index contributed by atoms with van der Waals surface area (Å²) in [5.74, 6) is 2.72. The molecule has 8 nitrogen and oxygen atoms in total. The summed E-state index contributed by atoms with van der Waals surface area (Å²) in [6.45, 7) is 3.56. The van der Waals surface area contributed by atoms with E-state index in [1.54, 1.807) is 27.7 Å². The van der Waals surface area contributed by atoms with Crippen molar-refractivity contribution in [2.45, 2.75) is 44.7 Å². The summed E-state index contributed by atoms with van der Waals surface area (Å²) in [6, 6.07) is 7.16. The zero-order chi connectivity index (χ0) is 19.6. The molecule has 0 spiro atoms. The second-order valence-electron chi connectivity index (χ2n) is 8.06. The fraction of sp³-hybridized carbons (Fsp3) is 0.476. The number of hydrogen-bond donors (Lipinski definition) is 0. The van der Waals surface area contributed by atoms with Crippen molar-refractivity contribution in [1.82, 2.24) is 34.4 Å². The van der Waals surface area contributed by atoms with Crippen molar-refractivity contribution in [2.75, 3.05) is 13.1 Å². The maximum atomic E-state index is 12.3. The SMILES string of the molecule is O=c1ccc(-n2cccn2)nn1CC1CCN(Cc2ccnc(C3CC3)n2)CC1. The van der Waals surface area contributed by atoms with Gasteiger partial charge in [-0.1, -0.05) is 0 Å². The van der Waals surface area contributed by atoms with Gasteiger partial charge in [0.2, 0.25) is 0 Å². The standard InChI is InChI=1S/C21H25N7O/c29-20-5-4-19(27-11-1-9-23-27)25-28(20)14-16-7-12-26(13-8-16)15-18-6-10-22-21(24-18)17-2-3-17/h1,4-6,9-11,16-17H,2-3,7-8,12-15H2. The molecule has 0 aromatic carbocycles. The fourth-order valence-electron chi connectivity index (χ4n) is 3.94. The Morgan fingerprint density at radius 1 is 1.03 bits per heavy atom. The third kappa shape index (κ3) is 4.27. The first-order chi connectivity index (χ1) is 14.2. The maximum absolute atomic E-state index is 12.3. The summed E-state index contributed by atoms with van der Waals surface area (Å²) in [5, 5.41) is 8.70. The van der Waals surface area contributed by atoms with E-state index < -0.39 is 0 Å². The zero-order valence-electron chi connectivity index (χ0n) is 16.4. The van der Waals surface area contributed by atoms with Gasteiger partial charge in [0.1, 0.15) is 5.82 Å². The molecule has 0 unspecified atom stereocenters. The Morgan fingerprint density at radius 3 is 2.66 bits per heavy atom. The van der Waals surface area contributed by atoms with E-state index in [1.807, 2.05) is 24.5 Å². The first-order valence-corrected chi connectivity index (χ1v) is 10.4. The van der Waals surface area contributed by atoms with Crippen molar-refractivity contribution < 1.29 is 0 Å². The van der Waals surface area contributed by atoms with Crippen LogP contribution in [0.5, 0.6) is 0 Å². The second kappa shape index (κ2) is 7.87. The molecule has 3 aromatic heterocycles. The zero-order valence-corrected chi connectivity index (χ0v) is 16.4. The molecule has 29 heavy (non-hydrogen) atoms. The van der Waals surface area contributed by atoms with E-state index in [1.165, 1.54) is 12.8 Å². The van der Waals surface area contributed by atoms with Gasteiger partial charge in [0.05, 0.1) is 5.69 Å². The van der Waals surface area contributed by atoms with Gasteiger partial charge in [0, 0.05) is 43.7 Å². The summed E-state index contributed by atoms with van der Waals surface area (Å²) in [6.07, 6.45) is 10.00. The summed E-state index contributed by atoms with van der Waals surface area (Å²) >= 11 is 0. The Kier molecular flexibility index (Phi) is 4.93. The predicted octanol–water partition coefficient (Wildman–Crippen LogP) is 2.01. The van der Waals surface area contributed by atoms with Crippen molar-refractivity contribution in [1.29, 1.82) is 0 Å². The third-order valence-corrected chi connectivity index (χ3v) is 5.79. The molecule has 1 aliphatic heterocycles. The maximum Gasteiger partial charge on any atom is 0.266 e. The van der Waals surface area contributed by atoms with Gasteiger partial charge in [-0.15, -0.1) is 5.10 Å². The van der Waals surface area contributed by atoms with Gasteiger partial charge < -0.3 is 0 Å². The topological polar surface area (TPSA) is 81.7 Å². The van der Waals surface area contributed by atoms with E-state index in [0.29, 0.717) is 24.2 Å².